The molecule has 2 fully saturated rings. The second-order valence-electron chi connectivity index (χ2n) is 7.31. The standard InChI is InChI=1S/C20H25F2NO5/c21-20(22)28-15-4-1-13(2-5-15)3-6-17(24)23-10-7-14(8-11-23)18-16(19(25)26)9-12-27-18/h1-2,4-5,14,16,18,20H,3,6-12H2,(H,25,26)/t16?,18-/m0/s1. The summed E-state index contributed by atoms with van der Waals surface area (Å²) in [6, 6.07) is 6.30. The van der Waals surface area contributed by atoms with Crippen LogP contribution in [0.4, 0.5) is 8.78 Å². The maximum atomic E-state index is 12.5. The summed E-state index contributed by atoms with van der Waals surface area (Å²) < 4.78 is 34.3. The van der Waals surface area contributed by atoms with Gasteiger partial charge in [-0.15, -0.1) is 0 Å². The Bertz CT molecular complexity index is 674. The largest absolute Gasteiger partial charge is 0.481 e. The number of alkyl halides is 2. The molecule has 1 N–H and O–H groups in total. The topological polar surface area (TPSA) is 76.1 Å². The zero-order chi connectivity index (χ0) is 20.1. The Hall–Kier alpha value is -2.22. The lowest BCUT2D eigenvalue weighted by Gasteiger charge is -2.35. The number of rotatable bonds is 7. The van der Waals surface area contributed by atoms with Gasteiger partial charge in [0.1, 0.15) is 5.75 Å². The summed E-state index contributed by atoms with van der Waals surface area (Å²) in [5, 5.41) is 9.30. The molecule has 0 saturated carbocycles. The van der Waals surface area contributed by atoms with Gasteiger partial charge in [0, 0.05) is 26.1 Å². The fourth-order valence-electron chi connectivity index (χ4n) is 4.06. The van der Waals surface area contributed by atoms with E-state index >= 15 is 0 Å². The monoisotopic (exact) mass is 397 g/mol. The lowest BCUT2D eigenvalue weighted by Crippen LogP contribution is -2.43. The second kappa shape index (κ2) is 9.32. The maximum absolute atomic E-state index is 12.5. The number of aryl methyl sites for hydroxylation is 1. The van der Waals surface area contributed by atoms with E-state index in [4.69, 9.17) is 4.74 Å². The molecule has 2 aliphatic rings. The van der Waals surface area contributed by atoms with Crippen molar-refractivity contribution in [2.24, 2.45) is 11.8 Å². The third kappa shape index (κ3) is 5.19. The van der Waals surface area contributed by atoms with Crippen molar-refractivity contribution in [2.75, 3.05) is 19.7 Å². The lowest BCUT2D eigenvalue weighted by atomic mass is 9.84. The van der Waals surface area contributed by atoms with Crippen LogP contribution in [0.5, 0.6) is 5.75 Å². The van der Waals surface area contributed by atoms with E-state index in [9.17, 15) is 23.5 Å². The Morgan fingerprint density at radius 2 is 1.86 bits per heavy atom. The van der Waals surface area contributed by atoms with Crippen LogP contribution in [0.1, 0.15) is 31.2 Å². The normalized spacial score (nSPS) is 23.2. The van der Waals surface area contributed by atoms with Gasteiger partial charge >= 0.3 is 12.6 Å². The molecule has 154 valence electrons. The van der Waals surface area contributed by atoms with Gasteiger partial charge in [0.15, 0.2) is 0 Å². The van der Waals surface area contributed by atoms with Gasteiger partial charge in [-0.1, -0.05) is 12.1 Å². The van der Waals surface area contributed by atoms with Crippen LogP contribution in [-0.2, 0) is 20.7 Å². The summed E-state index contributed by atoms with van der Waals surface area (Å²) >= 11 is 0. The minimum absolute atomic E-state index is 0.0495. The molecule has 8 heteroatoms. The third-order valence-electron chi connectivity index (χ3n) is 5.59. The molecule has 3 rings (SSSR count). The van der Waals surface area contributed by atoms with Crippen LogP contribution < -0.4 is 4.74 Å². The Morgan fingerprint density at radius 1 is 1.18 bits per heavy atom. The van der Waals surface area contributed by atoms with Gasteiger partial charge in [0.25, 0.3) is 0 Å². The highest BCUT2D eigenvalue weighted by Crippen LogP contribution is 2.33. The molecule has 0 bridgehead atoms. The first-order chi connectivity index (χ1) is 13.4. The molecule has 2 saturated heterocycles. The van der Waals surface area contributed by atoms with Crippen LogP contribution in [0.25, 0.3) is 0 Å². The van der Waals surface area contributed by atoms with E-state index in [1.54, 1.807) is 12.1 Å². The van der Waals surface area contributed by atoms with E-state index in [0.29, 0.717) is 39.0 Å². The van der Waals surface area contributed by atoms with Crippen molar-refractivity contribution >= 4 is 11.9 Å². The summed E-state index contributed by atoms with van der Waals surface area (Å²) in [6.45, 7) is -1.15. The molecule has 0 aliphatic carbocycles. The number of halogens is 2. The van der Waals surface area contributed by atoms with E-state index in [1.807, 2.05) is 4.90 Å². The van der Waals surface area contributed by atoms with Crippen LogP contribution in [0.2, 0.25) is 0 Å². The zero-order valence-electron chi connectivity index (χ0n) is 15.6. The number of carbonyl (C=O) groups is 2. The van der Waals surface area contributed by atoms with Crippen molar-refractivity contribution in [3.63, 3.8) is 0 Å². The fraction of sp³-hybridized carbons (Fsp3) is 0.600. The molecule has 0 spiro atoms. The van der Waals surface area contributed by atoms with Crippen molar-refractivity contribution in [1.82, 2.24) is 4.90 Å². The van der Waals surface area contributed by atoms with Gasteiger partial charge < -0.3 is 19.5 Å². The van der Waals surface area contributed by atoms with Crippen LogP contribution in [0.3, 0.4) is 0 Å². The first-order valence-electron chi connectivity index (χ1n) is 9.60. The van der Waals surface area contributed by atoms with E-state index < -0.39 is 18.5 Å². The summed E-state index contributed by atoms with van der Waals surface area (Å²) in [5.74, 6) is -0.917. The van der Waals surface area contributed by atoms with Gasteiger partial charge in [-0.3, -0.25) is 9.59 Å². The Labute approximate surface area is 162 Å². The number of ether oxygens (including phenoxy) is 2. The van der Waals surface area contributed by atoms with Gasteiger partial charge in [-0.25, -0.2) is 0 Å². The average molecular weight is 397 g/mol. The fourth-order valence-corrected chi connectivity index (χ4v) is 4.06. The minimum Gasteiger partial charge on any atom is -0.481 e. The number of hydrogen-bond acceptors (Lipinski definition) is 4. The van der Waals surface area contributed by atoms with Crippen LogP contribution in [0, 0.1) is 11.8 Å². The first-order valence-corrected chi connectivity index (χ1v) is 9.60. The number of nitrogens with zero attached hydrogens (tertiary/aromatic N) is 1. The highest BCUT2D eigenvalue weighted by molar-refractivity contribution is 5.76. The Kier molecular flexibility index (Phi) is 6.83. The third-order valence-corrected chi connectivity index (χ3v) is 5.59. The van der Waals surface area contributed by atoms with Crippen LogP contribution >= 0.6 is 0 Å². The molecule has 1 amide bonds. The number of carboxylic acid groups (broad SMARTS) is 1. The zero-order valence-corrected chi connectivity index (χ0v) is 15.6. The van der Waals surface area contributed by atoms with E-state index in [0.717, 1.165) is 18.4 Å². The summed E-state index contributed by atoms with van der Waals surface area (Å²) in [5.41, 5.74) is 0.883. The molecule has 2 atom stereocenters. The highest BCUT2D eigenvalue weighted by Gasteiger charge is 2.40. The van der Waals surface area contributed by atoms with Crippen molar-refractivity contribution in [2.45, 2.75) is 44.8 Å². The predicted octanol–water partition coefficient (Wildman–Crippen LogP) is 2.95. The van der Waals surface area contributed by atoms with Crippen LogP contribution in [0.15, 0.2) is 24.3 Å². The second-order valence-corrected chi connectivity index (χ2v) is 7.31. The maximum Gasteiger partial charge on any atom is 0.387 e. The average Bonchev–Trinajstić information content (AvgIpc) is 3.17. The van der Waals surface area contributed by atoms with Gasteiger partial charge in [0.05, 0.1) is 12.0 Å². The van der Waals surface area contributed by atoms with Gasteiger partial charge in [0.2, 0.25) is 5.91 Å². The molecule has 1 aromatic carbocycles. The molecular weight excluding hydrogens is 372 g/mol. The Balaban J connectivity index is 1.43. The Morgan fingerprint density at radius 3 is 2.46 bits per heavy atom. The number of piperidine rings is 1. The van der Waals surface area contributed by atoms with Crippen molar-refractivity contribution in [3.8, 4) is 5.75 Å². The molecule has 2 heterocycles. The summed E-state index contributed by atoms with van der Waals surface area (Å²) in [6.07, 6.45) is 2.68. The molecule has 6 nitrogen and oxygen atoms in total. The van der Waals surface area contributed by atoms with E-state index in [2.05, 4.69) is 4.74 Å². The van der Waals surface area contributed by atoms with E-state index in [1.165, 1.54) is 12.1 Å². The minimum atomic E-state index is -2.85. The quantitative estimate of drug-likeness (QED) is 0.766. The highest BCUT2D eigenvalue weighted by atomic mass is 19.3. The number of aliphatic carboxylic acids is 1. The number of carboxylic acids is 1. The van der Waals surface area contributed by atoms with Crippen molar-refractivity contribution in [1.29, 1.82) is 0 Å². The van der Waals surface area contributed by atoms with Crippen molar-refractivity contribution < 1.29 is 33.0 Å². The number of amides is 1. The number of benzene rings is 1. The molecule has 28 heavy (non-hydrogen) atoms. The van der Waals surface area contributed by atoms with Gasteiger partial charge in [-0.05, 0) is 49.3 Å². The van der Waals surface area contributed by atoms with E-state index in [-0.39, 0.29) is 23.7 Å². The molecule has 0 radical (unpaired) electrons. The summed E-state index contributed by atoms with van der Waals surface area (Å²) in [7, 11) is 0. The predicted molar refractivity (Wildman–Crippen MR) is 96.2 cm³/mol. The molecule has 1 aromatic rings. The molecule has 2 aliphatic heterocycles. The summed E-state index contributed by atoms with van der Waals surface area (Å²) in [4.78, 5) is 25.6. The molecule has 0 aromatic heterocycles. The van der Waals surface area contributed by atoms with Crippen molar-refractivity contribution in [3.05, 3.63) is 29.8 Å². The SMILES string of the molecule is O=C(O)C1CCO[C@H]1C1CCN(C(=O)CCc2ccc(OC(F)F)cc2)CC1. The van der Waals surface area contributed by atoms with Gasteiger partial charge in [-0.2, -0.15) is 8.78 Å². The van der Waals surface area contributed by atoms with Crippen LogP contribution in [-0.4, -0.2) is 54.3 Å². The number of likely N-dealkylation sites (tertiary alicyclic amines) is 1. The number of hydrogen-bond donors (Lipinski definition) is 1. The first kappa shape index (κ1) is 20.5. The number of carbonyl (C=O) groups excluding carboxylic acids is 1. The smallest absolute Gasteiger partial charge is 0.387 e. The molecular formula is C20H25F2NO5. The lowest BCUT2D eigenvalue weighted by molar-refractivity contribution is -0.146. The molecule has 1 unspecified atom stereocenters.